The van der Waals surface area contributed by atoms with Gasteiger partial charge in [0.15, 0.2) is 0 Å². The van der Waals surface area contributed by atoms with Gasteiger partial charge in [0.2, 0.25) is 0 Å². The van der Waals surface area contributed by atoms with Crippen molar-refractivity contribution in [1.82, 2.24) is 0 Å². The Balaban J connectivity index is 2.23. The molecule has 0 fully saturated rings. The van der Waals surface area contributed by atoms with E-state index in [0.29, 0.717) is 0 Å². The Morgan fingerprint density at radius 3 is 2.44 bits per heavy atom. The van der Waals surface area contributed by atoms with Crippen LogP contribution in [0.1, 0.15) is 6.42 Å². The van der Waals surface area contributed by atoms with Gasteiger partial charge in [0.05, 0.1) is 0 Å². The van der Waals surface area contributed by atoms with E-state index in [1.807, 2.05) is 24.3 Å². The number of hydrogen-bond donors (Lipinski definition) is 1. The summed E-state index contributed by atoms with van der Waals surface area (Å²) in [7, 11) is 0. The number of alkyl halides is 1. The molecule has 0 radical (unpaired) electrons. The third-order valence-electron chi connectivity index (χ3n) is 2.71. The molecule has 0 atom stereocenters. The Morgan fingerprint density at radius 2 is 1.72 bits per heavy atom. The summed E-state index contributed by atoms with van der Waals surface area (Å²) in [6.07, 6.45) is 1.07. The molecule has 18 heavy (non-hydrogen) atoms. The highest BCUT2D eigenvalue weighted by molar-refractivity contribution is 9.09. The van der Waals surface area contributed by atoms with Crippen LogP contribution in [0.2, 0.25) is 0 Å². The second-order valence-electron chi connectivity index (χ2n) is 4.02. The number of para-hydroxylation sites is 1. The number of halogens is 2. The van der Waals surface area contributed by atoms with E-state index in [-0.39, 0.29) is 5.82 Å². The van der Waals surface area contributed by atoms with Crippen LogP contribution in [-0.2, 0) is 0 Å². The van der Waals surface area contributed by atoms with Crippen molar-refractivity contribution in [3.05, 3.63) is 54.3 Å². The van der Waals surface area contributed by atoms with Crippen LogP contribution in [0, 0.1) is 5.82 Å². The fraction of sp³-hybridized carbons (Fsp3) is 0.200. The minimum Gasteiger partial charge on any atom is -0.385 e. The van der Waals surface area contributed by atoms with Crippen LogP contribution in [0.25, 0.3) is 11.1 Å². The maximum atomic E-state index is 12.9. The summed E-state index contributed by atoms with van der Waals surface area (Å²) in [6, 6.07) is 14.7. The molecular formula is C15H15BrFN. The number of benzene rings is 2. The molecule has 2 aromatic rings. The molecule has 0 saturated heterocycles. The molecule has 0 saturated carbocycles. The zero-order chi connectivity index (χ0) is 12.8. The van der Waals surface area contributed by atoms with Crippen LogP contribution in [-0.4, -0.2) is 11.9 Å². The zero-order valence-electron chi connectivity index (χ0n) is 10.00. The lowest BCUT2D eigenvalue weighted by Crippen LogP contribution is -2.03. The smallest absolute Gasteiger partial charge is 0.123 e. The third kappa shape index (κ3) is 3.33. The lowest BCUT2D eigenvalue weighted by atomic mass is 10.0. The van der Waals surface area contributed by atoms with Crippen LogP contribution < -0.4 is 5.32 Å². The van der Waals surface area contributed by atoms with E-state index < -0.39 is 0 Å². The van der Waals surface area contributed by atoms with Crippen LogP contribution in [0.15, 0.2) is 48.5 Å². The molecule has 0 bridgehead atoms. The molecule has 2 aromatic carbocycles. The highest BCUT2D eigenvalue weighted by Crippen LogP contribution is 2.27. The average Bonchev–Trinajstić information content (AvgIpc) is 2.41. The van der Waals surface area contributed by atoms with Crippen molar-refractivity contribution in [1.29, 1.82) is 0 Å². The van der Waals surface area contributed by atoms with Gasteiger partial charge < -0.3 is 5.32 Å². The van der Waals surface area contributed by atoms with Crippen LogP contribution >= 0.6 is 15.9 Å². The van der Waals surface area contributed by atoms with E-state index in [2.05, 4.69) is 21.2 Å². The molecule has 2 rings (SSSR count). The highest BCUT2D eigenvalue weighted by atomic mass is 79.9. The van der Waals surface area contributed by atoms with Gasteiger partial charge in [-0.1, -0.05) is 46.3 Å². The summed E-state index contributed by atoms with van der Waals surface area (Å²) in [5, 5.41) is 4.39. The summed E-state index contributed by atoms with van der Waals surface area (Å²) >= 11 is 3.41. The number of rotatable bonds is 5. The molecule has 0 unspecified atom stereocenters. The first-order chi connectivity index (χ1) is 8.81. The number of nitrogens with one attached hydrogen (secondary N) is 1. The fourth-order valence-electron chi connectivity index (χ4n) is 1.81. The molecule has 0 heterocycles. The minimum atomic E-state index is -0.205. The monoisotopic (exact) mass is 307 g/mol. The van der Waals surface area contributed by atoms with E-state index in [0.717, 1.165) is 35.1 Å². The summed E-state index contributed by atoms with van der Waals surface area (Å²) in [6.45, 7) is 0.920. The molecule has 3 heteroatoms. The average molecular weight is 308 g/mol. The SMILES string of the molecule is Fc1ccc(-c2ccccc2NCCCBr)cc1. The first-order valence-corrected chi connectivity index (χ1v) is 7.08. The Bertz CT molecular complexity index is 496. The second-order valence-corrected chi connectivity index (χ2v) is 4.81. The molecule has 0 spiro atoms. The van der Waals surface area contributed by atoms with Gasteiger partial charge in [-0.05, 0) is 30.2 Å². The normalized spacial score (nSPS) is 10.3. The van der Waals surface area contributed by atoms with E-state index >= 15 is 0 Å². The highest BCUT2D eigenvalue weighted by Gasteiger charge is 2.03. The molecule has 0 aromatic heterocycles. The Kier molecular flexibility index (Phi) is 4.76. The zero-order valence-corrected chi connectivity index (χ0v) is 11.6. The van der Waals surface area contributed by atoms with Gasteiger partial charge in [-0.15, -0.1) is 0 Å². The van der Waals surface area contributed by atoms with E-state index in [9.17, 15) is 4.39 Å². The van der Waals surface area contributed by atoms with Gasteiger partial charge in [-0.3, -0.25) is 0 Å². The fourth-order valence-corrected chi connectivity index (χ4v) is 2.09. The topological polar surface area (TPSA) is 12.0 Å². The van der Waals surface area contributed by atoms with Crippen molar-refractivity contribution in [2.45, 2.75) is 6.42 Å². The van der Waals surface area contributed by atoms with Crippen molar-refractivity contribution in [3.63, 3.8) is 0 Å². The molecule has 1 N–H and O–H groups in total. The maximum Gasteiger partial charge on any atom is 0.123 e. The standard InChI is InChI=1S/C15H15BrFN/c16-10-3-11-18-15-5-2-1-4-14(15)12-6-8-13(17)9-7-12/h1-2,4-9,18H,3,10-11H2. The van der Waals surface area contributed by atoms with Gasteiger partial charge in [-0.2, -0.15) is 0 Å². The van der Waals surface area contributed by atoms with Gasteiger partial charge in [-0.25, -0.2) is 4.39 Å². The number of hydrogen-bond acceptors (Lipinski definition) is 1. The summed E-state index contributed by atoms with van der Waals surface area (Å²) in [4.78, 5) is 0. The van der Waals surface area contributed by atoms with E-state index in [1.165, 1.54) is 12.1 Å². The van der Waals surface area contributed by atoms with Crippen molar-refractivity contribution in [3.8, 4) is 11.1 Å². The Hall–Kier alpha value is -1.35. The summed E-state index contributed by atoms with van der Waals surface area (Å²) in [5.41, 5.74) is 3.22. The molecule has 0 aliphatic heterocycles. The summed E-state index contributed by atoms with van der Waals surface area (Å²) in [5.74, 6) is -0.205. The lowest BCUT2D eigenvalue weighted by molar-refractivity contribution is 0.628. The predicted molar refractivity (Wildman–Crippen MR) is 78.7 cm³/mol. The van der Waals surface area contributed by atoms with Crippen LogP contribution in [0.5, 0.6) is 0 Å². The largest absolute Gasteiger partial charge is 0.385 e. The number of anilines is 1. The molecule has 94 valence electrons. The van der Waals surface area contributed by atoms with Gasteiger partial charge in [0.1, 0.15) is 5.82 Å². The van der Waals surface area contributed by atoms with E-state index in [4.69, 9.17) is 0 Å². The first-order valence-electron chi connectivity index (χ1n) is 5.96. The molecule has 0 amide bonds. The Labute approximate surface area is 115 Å². The van der Waals surface area contributed by atoms with Crippen molar-refractivity contribution >= 4 is 21.6 Å². The minimum absolute atomic E-state index is 0.205. The predicted octanol–water partition coefficient (Wildman–Crippen LogP) is 4.69. The van der Waals surface area contributed by atoms with E-state index in [1.54, 1.807) is 12.1 Å². The third-order valence-corrected chi connectivity index (χ3v) is 3.27. The first kappa shape index (κ1) is 13.1. The summed E-state index contributed by atoms with van der Waals surface area (Å²) < 4.78 is 12.9. The maximum absolute atomic E-state index is 12.9. The molecule has 1 nitrogen and oxygen atoms in total. The lowest BCUT2D eigenvalue weighted by Gasteiger charge is -2.11. The molecule has 0 aliphatic carbocycles. The van der Waals surface area contributed by atoms with Crippen molar-refractivity contribution in [2.24, 2.45) is 0 Å². The van der Waals surface area contributed by atoms with Gasteiger partial charge >= 0.3 is 0 Å². The van der Waals surface area contributed by atoms with Crippen LogP contribution in [0.4, 0.5) is 10.1 Å². The molecule has 0 aliphatic rings. The Morgan fingerprint density at radius 1 is 1.00 bits per heavy atom. The van der Waals surface area contributed by atoms with Gasteiger partial charge in [0.25, 0.3) is 0 Å². The quantitative estimate of drug-likeness (QED) is 0.624. The van der Waals surface area contributed by atoms with Crippen molar-refractivity contribution < 1.29 is 4.39 Å². The van der Waals surface area contributed by atoms with Crippen LogP contribution in [0.3, 0.4) is 0 Å². The van der Waals surface area contributed by atoms with Crippen molar-refractivity contribution in [2.75, 3.05) is 17.2 Å². The van der Waals surface area contributed by atoms with Gasteiger partial charge in [0, 0.05) is 23.1 Å². The second kappa shape index (κ2) is 6.55. The molecular weight excluding hydrogens is 293 g/mol.